The van der Waals surface area contributed by atoms with Gasteiger partial charge in [-0.3, -0.25) is 63.3 Å². The molecule has 102 heavy (non-hydrogen) atoms. The van der Waals surface area contributed by atoms with Gasteiger partial charge in [0.25, 0.3) is 30.7 Å². The zero-order chi connectivity index (χ0) is 71.7. The first-order valence-corrected chi connectivity index (χ1v) is 32.0. The molecule has 12 aromatic rings. The van der Waals surface area contributed by atoms with Crippen LogP contribution in [-0.2, 0) is 23.8 Å². The molecule has 0 saturated heterocycles. The number of anilines is 3. The lowest BCUT2D eigenvalue weighted by Crippen LogP contribution is -2.33. The zero-order valence-electron chi connectivity index (χ0n) is 54.7. The van der Waals surface area contributed by atoms with Crippen LogP contribution in [0.3, 0.4) is 0 Å². The average Bonchev–Trinajstić information content (AvgIpc) is 1.63. The molecule has 528 valence electrons. The summed E-state index contributed by atoms with van der Waals surface area (Å²) >= 11 is 0. The lowest BCUT2D eigenvalue weighted by Gasteiger charge is -2.34. The summed E-state index contributed by atoms with van der Waals surface area (Å²) in [6.45, 7) is 7.38. The Balaban J connectivity index is 0.000000148. The van der Waals surface area contributed by atoms with E-state index in [-0.39, 0.29) is 89.4 Å². The summed E-state index contributed by atoms with van der Waals surface area (Å²) in [6, 6.07) is 20.3. The van der Waals surface area contributed by atoms with Crippen LogP contribution in [0.15, 0.2) is 160 Å². The molecule has 8 N–H and O–H groups in total. The molecular weight excluding hydrogens is 1330 g/mol. The van der Waals surface area contributed by atoms with Crippen molar-refractivity contribution in [3.63, 3.8) is 0 Å². The molecule has 3 amide bonds. The summed E-state index contributed by atoms with van der Waals surface area (Å²) in [5, 5.41) is 55.6. The van der Waals surface area contributed by atoms with Crippen LogP contribution < -0.4 is 16.0 Å². The van der Waals surface area contributed by atoms with Crippen LogP contribution in [-0.4, -0.2) is 154 Å². The number of aromatic amines is 3. The normalized spacial score (nSPS) is 17.0. The Bertz CT molecular complexity index is 4520. The van der Waals surface area contributed by atoms with Crippen LogP contribution in [0.4, 0.5) is 30.2 Å². The number of nitrogens with one attached hydrogen (secondary N) is 6. The average molecular weight is 1400 g/mol. The molecule has 3 fully saturated rings. The molecule has 0 unspecified atom stereocenters. The standard InChI is InChI=1S/3C22H21FN6O3.2CH2O2/c2*1-2-31-15-8-14(9-15)29-12-17(21(28-29)20-16(23)4-3-7-24-20)27-22(30)19-6-5-18(32-19)13-10-25-26-11-13;1-2-31-15-8-14(9-15)29-12-17(21(28-29)16-4-3-5-20(23)26-16)27-22(30)19-7-6-18(32-19)13-10-24-25-11-13;2*2-1-3/h2*3-7,10-12,14-15H,2,8-9H2,1H3,(H,25,26)(H,27,30);3-7,10-12,14-15H,2,8-9H2,1H3,(H,24,25)(H,27,30);2*1H,(H,2,3). The molecular formula is C68H67F3N18O13. The van der Waals surface area contributed by atoms with Gasteiger partial charge in [-0.1, -0.05) is 6.07 Å². The third kappa shape index (κ3) is 17.0. The number of amides is 3. The number of pyridine rings is 3. The second-order valence-electron chi connectivity index (χ2n) is 22.8. The first-order valence-electron chi connectivity index (χ1n) is 32.0. The van der Waals surface area contributed by atoms with Crippen molar-refractivity contribution < 1.29 is 74.8 Å². The van der Waals surface area contributed by atoms with Crippen molar-refractivity contribution in [1.82, 2.24) is 74.9 Å². The summed E-state index contributed by atoms with van der Waals surface area (Å²) in [4.78, 5) is 67.5. The van der Waals surface area contributed by atoms with Crippen molar-refractivity contribution in [2.24, 2.45) is 0 Å². The van der Waals surface area contributed by atoms with Crippen LogP contribution in [0, 0.1) is 17.6 Å². The molecule has 0 radical (unpaired) electrons. The second kappa shape index (κ2) is 33.4. The summed E-state index contributed by atoms with van der Waals surface area (Å²) in [7, 11) is 0. The predicted molar refractivity (Wildman–Crippen MR) is 357 cm³/mol. The number of aromatic nitrogens is 15. The molecule has 0 aliphatic heterocycles. The lowest BCUT2D eigenvalue weighted by atomic mass is 9.89. The number of rotatable bonds is 21. The zero-order valence-corrected chi connectivity index (χ0v) is 54.7. The van der Waals surface area contributed by atoms with Crippen LogP contribution >= 0.6 is 0 Å². The number of carboxylic acid groups (broad SMARTS) is 2. The van der Waals surface area contributed by atoms with Gasteiger partial charge >= 0.3 is 0 Å². The molecule has 0 bridgehead atoms. The molecule has 3 aliphatic carbocycles. The van der Waals surface area contributed by atoms with Crippen molar-refractivity contribution in [2.75, 3.05) is 35.8 Å². The summed E-state index contributed by atoms with van der Waals surface area (Å²) in [5.74, 6) is -1.17. The highest BCUT2D eigenvalue weighted by Crippen LogP contribution is 2.41. The minimum atomic E-state index is -0.620. The number of carbonyl (C=O) groups excluding carboxylic acids is 3. The van der Waals surface area contributed by atoms with Crippen LogP contribution in [0.5, 0.6) is 0 Å². The van der Waals surface area contributed by atoms with Crippen LogP contribution in [0.25, 0.3) is 68.1 Å². The van der Waals surface area contributed by atoms with E-state index in [0.717, 1.165) is 55.2 Å². The number of hydrogen-bond donors (Lipinski definition) is 8. The van der Waals surface area contributed by atoms with Gasteiger partial charge in [0, 0.05) is 69.4 Å². The van der Waals surface area contributed by atoms with E-state index in [0.29, 0.717) is 65.6 Å². The molecule has 0 atom stereocenters. The van der Waals surface area contributed by atoms with Gasteiger partial charge in [0.1, 0.15) is 45.8 Å². The quantitative estimate of drug-likeness (QED) is 0.0245. The molecule has 31 nitrogen and oxygen atoms in total. The van der Waals surface area contributed by atoms with E-state index >= 15 is 0 Å². The van der Waals surface area contributed by atoms with Gasteiger partial charge in [-0.2, -0.15) is 35.0 Å². The largest absolute Gasteiger partial charge is 0.483 e. The Kier molecular flexibility index (Phi) is 23.2. The van der Waals surface area contributed by atoms with Gasteiger partial charge in [0.2, 0.25) is 5.95 Å². The second-order valence-corrected chi connectivity index (χ2v) is 22.8. The Labute approximate surface area is 576 Å². The maximum atomic E-state index is 14.5. The fraction of sp³-hybridized carbons (Fsp3) is 0.265. The fourth-order valence-corrected chi connectivity index (χ4v) is 11.1. The third-order valence-electron chi connectivity index (χ3n) is 16.2. The smallest absolute Gasteiger partial charge is 0.291 e. The van der Waals surface area contributed by atoms with Gasteiger partial charge in [-0.25, -0.2) is 13.8 Å². The van der Waals surface area contributed by atoms with Crippen molar-refractivity contribution in [2.45, 2.75) is 95.7 Å². The van der Waals surface area contributed by atoms with E-state index in [2.05, 4.69) is 76.8 Å². The summed E-state index contributed by atoms with van der Waals surface area (Å²) in [5.41, 5.74) is 4.70. The van der Waals surface area contributed by atoms with Crippen molar-refractivity contribution in [3.8, 4) is 68.1 Å². The minimum absolute atomic E-state index is 0.0702. The number of ether oxygens (including phenoxy) is 3. The maximum absolute atomic E-state index is 14.5. The van der Waals surface area contributed by atoms with E-state index in [4.69, 9.17) is 47.3 Å². The van der Waals surface area contributed by atoms with Crippen LogP contribution in [0.1, 0.15) is 109 Å². The third-order valence-corrected chi connectivity index (χ3v) is 16.2. The highest BCUT2D eigenvalue weighted by molar-refractivity contribution is 6.06. The van der Waals surface area contributed by atoms with Gasteiger partial charge in [0.15, 0.2) is 28.9 Å². The van der Waals surface area contributed by atoms with E-state index in [1.165, 1.54) is 42.7 Å². The number of hydrogen-bond acceptors (Lipinski definition) is 20. The number of H-pyrrole nitrogens is 3. The Hall–Kier alpha value is -12.4. The van der Waals surface area contributed by atoms with Gasteiger partial charge < -0.3 is 53.6 Å². The van der Waals surface area contributed by atoms with Crippen molar-refractivity contribution in [3.05, 3.63) is 182 Å². The number of furan rings is 3. The summed E-state index contributed by atoms with van der Waals surface area (Å²) in [6.07, 6.45) is 23.4. The Morgan fingerprint density at radius 3 is 1.16 bits per heavy atom. The minimum Gasteiger partial charge on any atom is -0.483 e. The highest BCUT2D eigenvalue weighted by atomic mass is 19.1. The van der Waals surface area contributed by atoms with Crippen molar-refractivity contribution >= 4 is 47.7 Å². The Morgan fingerprint density at radius 1 is 0.500 bits per heavy atom. The van der Waals surface area contributed by atoms with Gasteiger partial charge in [-0.05, 0) is 132 Å². The number of carbonyl (C=O) groups is 5. The molecule has 0 aromatic carbocycles. The van der Waals surface area contributed by atoms with E-state index in [9.17, 15) is 27.6 Å². The predicted octanol–water partition coefficient (Wildman–Crippen LogP) is 11.6. The topological polar surface area (TPSA) is 407 Å². The number of nitrogens with zero attached hydrogens (tertiary/aromatic N) is 12. The molecule has 15 rings (SSSR count). The fourth-order valence-electron chi connectivity index (χ4n) is 11.1. The summed E-state index contributed by atoms with van der Waals surface area (Å²) < 4.78 is 81.8. The van der Waals surface area contributed by atoms with E-state index in [1.54, 1.807) is 118 Å². The van der Waals surface area contributed by atoms with Gasteiger partial charge in [-0.15, -0.1) is 0 Å². The SMILES string of the molecule is CCOC1CC(n2cc(NC(=O)c3ccc(-c4cn[nH]c4)o3)c(-c3cccc(F)n3)n2)C1.CCOC1CC(n2cc(NC(=O)c3ccc(-c4cn[nH]c4)o3)c(-c3ncccc3F)n2)C1.CCOC1CC(n2cc(NC(=O)c3ccc(-c4cn[nH]c4)o3)c(-c3ncccc3F)n2)C1.O=CO.O=CO. The van der Waals surface area contributed by atoms with Crippen LogP contribution in [0.2, 0.25) is 0 Å². The van der Waals surface area contributed by atoms with Crippen molar-refractivity contribution in [1.29, 1.82) is 0 Å². The van der Waals surface area contributed by atoms with Gasteiger partial charge in [0.05, 0.1) is 94.5 Å². The molecule has 12 heterocycles. The lowest BCUT2D eigenvalue weighted by molar-refractivity contribution is -0.123. The first-order chi connectivity index (χ1) is 49.7. The van der Waals surface area contributed by atoms with E-state index < -0.39 is 35.3 Å². The first kappa shape index (κ1) is 70.9. The molecule has 3 saturated carbocycles. The highest BCUT2D eigenvalue weighted by Gasteiger charge is 2.36. The molecule has 3 aliphatic rings. The molecule has 34 heteroatoms. The number of halogens is 3. The Morgan fingerprint density at radius 2 is 0.843 bits per heavy atom. The molecule has 12 aromatic heterocycles. The maximum Gasteiger partial charge on any atom is 0.291 e. The monoisotopic (exact) mass is 1400 g/mol. The van der Waals surface area contributed by atoms with E-state index in [1.807, 2.05) is 20.8 Å². The molecule has 0 spiro atoms.